The van der Waals surface area contributed by atoms with Crippen LogP contribution < -0.4 is 0 Å². The van der Waals surface area contributed by atoms with Crippen molar-refractivity contribution in [1.29, 1.82) is 0 Å². The summed E-state index contributed by atoms with van der Waals surface area (Å²) in [5, 5.41) is 5.06. The Bertz CT molecular complexity index is 2340. The van der Waals surface area contributed by atoms with Crippen molar-refractivity contribution in [3.8, 4) is 22.5 Å². The highest BCUT2D eigenvalue weighted by molar-refractivity contribution is 6.10. The maximum Gasteiger partial charge on any atom is 0.0541 e. The minimum absolute atomic E-state index is 0.861. The summed E-state index contributed by atoms with van der Waals surface area (Å²) in [6.07, 6.45) is 5.43. The smallest absolute Gasteiger partial charge is 0.0541 e. The van der Waals surface area contributed by atoms with E-state index >= 15 is 0 Å². The highest BCUT2D eigenvalue weighted by Gasteiger charge is 2.16. The predicted octanol–water partition coefficient (Wildman–Crippen LogP) is 11.8. The molecule has 0 aliphatic carbocycles. The van der Waals surface area contributed by atoms with Crippen molar-refractivity contribution in [1.82, 2.24) is 9.13 Å². The van der Waals surface area contributed by atoms with E-state index in [0.29, 0.717) is 0 Å². The van der Waals surface area contributed by atoms with E-state index in [-0.39, 0.29) is 0 Å². The Morgan fingerprint density at radius 3 is 1.26 bits per heavy atom. The molecule has 2 aromatic heterocycles. The lowest BCUT2D eigenvalue weighted by molar-refractivity contribution is 1.13. The first-order chi connectivity index (χ1) is 23.3. The summed E-state index contributed by atoms with van der Waals surface area (Å²) in [5.74, 6) is 0. The van der Waals surface area contributed by atoms with Crippen LogP contribution in [0.1, 0.15) is 11.1 Å². The van der Waals surface area contributed by atoms with Crippen LogP contribution in [-0.4, -0.2) is 9.13 Å². The molecule has 0 fully saturated rings. The number of hydrogen-bond donors (Lipinski definition) is 0. The fraction of sp³-hybridized carbons (Fsp3) is 0.0222. The van der Waals surface area contributed by atoms with Crippen LogP contribution in [0, 0.1) is 0 Å². The lowest BCUT2D eigenvalue weighted by Crippen LogP contribution is -2.00. The van der Waals surface area contributed by atoms with Gasteiger partial charge in [0.15, 0.2) is 0 Å². The molecule has 9 aromatic rings. The molecular formula is C45H32N2. The molecule has 0 saturated carbocycles. The molecule has 222 valence electrons. The van der Waals surface area contributed by atoms with Crippen LogP contribution in [0.5, 0.6) is 0 Å². The predicted molar refractivity (Wildman–Crippen MR) is 200 cm³/mol. The number of hydrogen-bond acceptors (Lipinski definition) is 0. The summed E-state index contributed by atoms with van der Waals surface area (Å²) in [5.41, 5.74) is 12.1. The summed E-state index contributed by atoms with van der Waals surface area (Å²) in [4.78, 5) is 0. The van der Waals surface area contributed by atoms with E-state index in [2.05, 4.69) is 191 Å². The van der Waals surface area contributed by atoms with Gasteiger partial charge in [0, 0.05) is 32.9 Å². The molecule has 0 unspecified atom stereocenters. The molecule has 0 spiro atoms. The minimum Gasteiger partial charge on any atom is -0.309 e. The van der Waals surface area contributed by atoms with Gasteiger partial charge in [-0.15, -0.1) is 0 Å². The topological polar surface area (TPSA) is 9.86 Å². The van der Waals surface area contributed by atoms with Gasteiger partial charge in [-0.2, -0.15) is 0 Å². The monoisotopic (exact) mass is 600 g/mol. The number of aromatic nitrogens is 2. The number of para-hydroxylation sites is 4. The van der Waals surface area contributed by atoms with Gasteiger partial charge in [-0.05, 0) is 71.1 Å². The highest BCUT2D eigenvalue weighted by atomic mass is 15.0. The Hall–Kier alpha value is -6.12. The summed E-state index contributed by atoms with van der Waals surface area (Å²) < 4.78 is 4.84. The molecule has 2 nitrogen and oxygen atoms in total. The quantitative estimate of drug-likeness (QED) is 0.180. The maximum atomic E-state index is 2.42. The normalized spacial score (nSPS) is 11.8. The maximum absolute atomic E-state index is 2.42. The fourth-order valence-electron chi connectivity index (χ4n) is 7.17. The zero-order chi connectivity index (χ0) is 31.2. The molecule has 47 heavy (non-hydrogen) atoms. The standard InChI is InChI=1S/C45H32N2/c1-2-15-34(16-3-1)35-27-25-32(26-28-35)13-12-14-33-29-36(46-42-21-8-4-17-38(42)39-18-5-9-22-43(39)46)31-37(30-33)47-44-23-10-6-19-40(44)41-20-7-11-24-45(41)47/h1-12,14-31H,13H2/b14-12+. The van der Waals surface area contributed by atoms with E-state index in [1.165, 1.54) is 65.9 Å². The van der Waals surface area contributed by atoms with E-state index in [1.54, 1.807) is 0 Å². The molecule has 0 amide bonds. The number of fused-ring (bicyclic) bond motifs is 6. The molecule has 0 N–H and O–H groups in total. The molecule has 0 aliphatic heterocycles. The van der Waals surface area contributed by atoms with Crippen molar-refractivity contribution >= 4 is 49.7 Å². The molecule has 0 radical (unpaired) electrons. The SMILES string of the molecule is C(=C\c1cc(-n2c3ccccc3c3ccccc32)cc(-n2c3ccccc3c3ccccc32)c1)/Cc1ccc(-c2ccccc2)cc1. The van der Waals surface area contributed by atoms with Gasteiger partial charge in [-0.3, -0.25) is 0 Å². The molecule has 0 atom stereocenters. The molecule has 0 bridgehead atoms. The molecule has 7 aromatic carbocycles. The summed E-state index contributed by atoms with van der Waals surface area (Å²) in [6, 6.07) is 61.4. The Morgan fingerprint density at radius 1 is 0.383 bits per heavy atom. The second kappa shape index (κ2) is 11.3. The van der Waals surface area contributed by atoms with Crippen LogP contribution >= 0.6 is 0 Å². The van der Waals surface area contributed by atoms with E-state index in [0.717, 1.165) is 17.8 Å². The van der Waals surface area contributed by atoms with Crippen LogP contribution in [0.15, 0.2) is 176 Å². The third-order valence-electron chi connectivity index (χ3n) is 9.33. The Kier molecular flexibility index (Phi) is 6.57. The molecule has 9 rings (SSSR count). The number of benzene rings is 7. The number of allylic oxidation sites excluding steroid dienone is 1. The van der Waals surface area contributed by atoms with Crippen molar-refractivity contribution in [2.24, 2.45) is 0 Å². The zero-order valence-corrected chi connectivity index (χ0v) is 25.9. The van der Waals surface area contributed by atoms with Gasteiger partial charge >= 0.3 is 0 Å². The van der Waals surface area contributed by atoms with Gasteiger partial charge in [0.1, 0.15) is 0 Å². The fourth-order valence-corrected chi connectivity index (χ4v) is 7.17. The molecule has 0 aliphatic rings. The highest BCUT2D eigenvalue weighted by Crippen LogP contribution is 2.36. The van der Waals surface area contributed by atoms with Gasteiger partial charge in [-0.1, -0.05) is 140 Å². The van der Waals surface area contributed by atoms with Crippen molar-refractivity contribution < 1.29 is 0 Å². The van der Waals surface area contributed by atoms with E-state index in [1.807, 2.05) is 0 Å². The largest absolute Gasteiger partial charge is 0.309 e. The molecular weight excluding hydrogens is 569 g/mol. The van der Waals surface area contributed by atoms with Crippen molar-refractivity contribution in [3.63, 3.8) is 0 Å². The van der Waals surface area contributed by atoms with E-state index in [9.17, 15) is 0 Å². The van der Waals surface area contributed by atoms with E-state index in [4.69, 9.17) is 0 Å². The summed E-state index contributed by atoms with van der Waals surface area (Å²) in [7, 11) is 0. The average Bonchev–Trinajstić information content (AvgIpc) is 3.65. The third-order valence-corrected chi connectivity index (χ3v) is 9.33. The van der Waals surface area contributed by atoms with Crippen molar-refractivity contribution in [2.45, 2.75) is 6.42 Å². The molecule has 2 heterocycles. The van der Waals surface area contributed by atoms with Crippen LogP contribution in [0.4, 0.5) is 0 Å². The minimum atomic E-state index is 0.861. The van der Waals surface area contributed by atoms with Gasteiger partial charge < -0.3 is 9.13 Å². The number of rotatable bonds is 6. The van der Waals surface area contributed by atoms with Gasteiger partial charge in [0.2, 0.25) is 0 Å². The van der Waals surface area contributed by atoms with Crippen molar-refractivity contribution in [3.05, 3.63) is 187 Å². The van der Waals surface area contributed by atoms with Crippen LogP contribution in [-0.2, 0) is 6.42 Å². The van der Waals surface area contributed by atoms with Gasteiger partial charge in [0.25, 0.3) is 0 Å². The van der Waals surface area contributed by atoms with Crippen molar-refractivity contribution in [2.75, 3.05) is 0 Å². The average molecular weight is 601 g/mol. The Morgan fingerprint density at radius 2 is 0.787 bits per heavy atom. The second-order valence-corrected chi connectivity index (χ2v) is 12.2. The van der Waals surface area contributed by atoms with Crippen LogP contribution in [0.2, 0.25) is 0 Å². The number of nitrogens with zero attached hydrogens (tertiary/aromatic N) is 2. The van der Waals surface area contributed by atoms with Gasteiger partial charge in [0.05, 0.1) is 22.1 Å². The first-order valence-electron chi connectivity index (χ1n) is 16.2. The van der Waals surface area contributed by atoms with Crippen LogP contribution in [0.25, 0.3) is 72.2 Å². The second-order valence-electron chi connectivity index (χ2n) is 12.2. The third kappa shape index (κ3) is 4.74. The lowest BCUT2D eigenvalue weighted by Gasteiger charge is -2.14. The van der Waals surface area contributed by atoms with Crippen LogP contribution in [0.3, 0.4) is 0 Å². The Balaban J connectivity index is 1.20. The van der Waals surface area contributed by atoms with Gasteiger partial charge in [-0.25, -0.2) is 0 Å². The van der Waals surface area contributed by atoms with E-state index < -0.39 is 0 Å². The lowest BCUT2D eigenvalue weighted by atomic mass is 10.0. The summed E-state index contributed by atoms with van der Waals surface area (Å²) >= 11 is 0. The first kappa shape index (κ1) is 27.2. The Labute approximate surface area is 274 Å². The zero-order valence-electron chi connectivity index (χ0n) is 25.9. The molecule has 2 heteroatoms. The molecule has 0 saturated heterocycles. The summed E-state index contributed by atoms with van der Waals surface area (Å²) in [6.45, 7) is 0. The first-order valence-corrected chi connectivity index (χ1v) is 16.2.